The molecule has 2 unspecified atom stereocenters. The Balaban J connectivity index is 1.90. The molecular formula is C14H27N3O. The van der Waals surface area contributed by atoms with Crippen molar-refractivity contribution in [3.63, 3.8) is 0 Å². The molecule has 0 aromatic heterocycles. The highest BCUT2D eigenvalue weighted by Crippen LogP contribution is 2.16. The normalized spacial score (nSPS) is 30.8. The number of nitrogens with one attached hydrogen (secondary N) is 1. The minimum absolute atomic E-state index is 0.0599. The Hall–Kier alpha value is -0.610. The van der Waals surface area contributed by atoms with Gasteiger partial charge in [-0.2, -0.15) is 0 Å². The van der Waals surface area contributed by atoms with Crippen molar-refractivity contribution >= 4 is 5.91 Å². The molecule has 0 bridgehead atoms. The molecule has 0 spiro atoms. The van der Waals surface area contributed by atoms with Gasteiger partial charge in [0.2, 0.25) is 5.91 Å². The van der Waals surface area contributed by atoms with E-state index in [0.29, 0.717) is 11.9 Å². The third-order valence-corrected chi connectivity index (χ3v) is 4.35. The molecule has 0 radical (unpaired) electrons. The Morgan fingerprint density at radius 2 is 2.06 bits per heavy atom. The molecule has 0 aromatic carbocycles. The first-order valence-electron chi connectivity index (χ1n) is 7.37. The van der Waals surface area contributed by atoms with Crippen LogP contribution < -0.4 is 5.32 Å². The summed E-state index contributed by atoms with van der Waals surface area (Å²) in [5.74, 6) is 0.303. The van der Waals surface area contributed by atoms with Crippen LogP contribution in [0.4, 0.5) is 0 Å². The largest absolute Gasteiger partial charge is 0.340 e. The van der Waals surface area contributed by atoms with Crippen LogP contribution in [0.3, 0.4) is 0 Å². The first kappa shape index (κ1) is 13.8. The van der Waals surface area contributed by atoms with E-state index >= 15 is 0 Å². The van der Waals surface area contributed by atoms with Gasteiger partial charge in [-0.25, -0.2) is 0 Å². The molecule has 2 fully saturated rings. The fraction of sp³-hybridized carbons (Fsp3) is 0.929. The van der Waals surface area contributed by atoms with Crippen LogP contribution in [0.15, 0.2) is 0 Å². The van der Waals surface area contributed by atoms with E-state index in [4.69, 9.17) is 0 Å². The Morgan fingerprint density at radius 3 is 2.83 bits per heavy atom. The molecular weight excluding hydrogens is 226 g/mol. The van der Waals surface area contributed by atoms with Crippen molar-refractivity contribution in [3.8, 4) is 0 Å². The molecule has 2 aliphatic heterocycles. The van der Waals surface area contributed by atoms with Gasteiger partial charge in [-0.15, -0.1) is 0 Å². The van der Waals surface area contributed by atoms with E-state index in [0.717, 1.165) is 25.9 Å². The van der Waals surface area contributed by atoms with Gasteiger partial charge in [-0.05, 0) is 45.8 Å². The highest BCUT2D eigenvalue weighted by Gasteiger charge is 2.29. The van der Waals surface area contributed by atoms with Crippen molar-refractivity contribution in [2.45, 2.75) is 50.6 Å². The summed E-state index contributed by atoms with van der Waals surface area (Å²) in [4.78, 5) is 16.8. The first-order valence-corrected chi connectivity index (χ1v) is 7.37. The molecule has 1 amide bonds. The third kappa shape index (κ3) is 3.45. The van der Waals surface area contributed by atoms with Crippen LogP contribution in [-0.2, 0) is 4.79 Å². The summed E-state index contributed by atoms with van der Waals surface area (Å²) in [5, 5.41) is 3.41. The number of rotatable bonds is 2. The average molecular weight is 253 g/mol. The van der Waals surface area contributed by atoms with Crippen LogP contribution in [0.25, 0.3) is 0 Å². The van der Waals surface area contributed by atoms with Crippen LogP contribution in [0.5, 0.6) is 0 Å². The van der Waals surface area contributed by atoms with Gasteiger partial charge in [0, 0.05) is 19.6 Å². The number of likely N-dealkylation sites (N-methyl/N-ethyl adjacent to an activating group) is 2. The Morgan fingerprint density at radius 1 is 1.22 bits per heavy atom. The van der Waals surface area contributed by atoms with Gasteiger partial charge in [0.25, 0.3) is 0 Å². The lowest BCUT2D eigenvalue weighted by Crippen LogP contribution is -2.52. The summed E-state index contributed by atoms with van der Waals surface area (Å²) < 4.78 is 0. The maximum Gasteiger partial charge on any atom is 0.239 e. The van der Waals surface area contributed by atoms with Crippen LogP contribution in [0, 0.1) is 0 Å². The van der Waals surface area contributed by atoms with Crippen LogP contribution in [0.2, 0.25) is 0 Å². The van der Waals surface area contributed by atoms with Gasteiger partial charge in [-0.1, -0.05) is 12.8 Å². The summed E-state index contributed by atoms with van der Waals surface area (Å²) in [6, 6.07) is 0.464. The van der Waals surface area contributed by atoms with Crippen molar-refractivity contribution in [1.82, 2.24) is 15.1 Å². The maximum atomic E-state index is 12.5. The highest BCUT2D eigenvalue weighted by atomic mass is 16.2. The number of amides is 1. The highest BCUT2D eigenvalue weighted by molar-refractivity contribution is 5.82. The molecule has 0 saturated carbocycles. The summed E-state index contributed by atoms with van der Waals surface area (Å²) in [6.07, 6.45) is 7.01. The summed E-state index contributed by atoms with van der Waals surface area (Å²) in [5.41, 5.74) is 0. The average Bonchev–Trinajstić information content (AvgIpc) is 2.66. The van der Waals surface area contributed by atoms with Crippen LogP contribution in [-0.4, -0.2) is 61.5 Å². The molecule has 2 aliphatic rings. The van der Waals surface area contributed by atoms with Gasteiger partial charge in [0.1, 0.15) is 0 Å². The van der Waals surface area contributed by atoms with Gasteiger partial charge >= 0.3 is 0 Å². The molecule has 0 aliphatic carbocycles. The summed E-state index contributed by atoms with van der Waals surface area (Å²) in [7, 11) is 4.13. The van der Waals surface area contributed by atoms with E-state index in [-0.39, 0.29) is 6.04 Å². The van der Waals surface area contributed by atoms with Gasteiger partial charge in [0.15, 0.2) is 0 Å². The first-order chi connectivity index (χ1) is 8.68. The third-order valence-electron chi connectivity index (χ3n) is 4.35. The fourth-order valence-corrected chi connectivity index (χ4v) is 3.12. The minimum atomic E-state index is 0.0599. The van der Waals surface area contributed by atoms with E-state index < -0.39 is 0 Å². The molecule has 18 heavy (non-hydrogen) atoms. The van der Waals surface area contributed by atoms with Crippen molar-refractivity contribution in [3.05, 3.63) is 0 Å². The summed E-state index contributed by atoms with van der Waals surface area (Å²) >= 11 is 0. The number of likely N-dealkylation sites (tertiary alicyclic amines) is 1. The molecule has 104 valence electrons. The molecule has 1 N–H and O–H groups in total. The fourth-order valence-electron chi connectivity index (χ4n) is 3.12. The van der Waals surface area contributed by atoms with Gasteiger partial charge in [0.05, 0.1) is 6.04 Å². The zero-order valence-electron chi connectivity index (χ0n) is 11.8. The molecule has 2 atom stereocenters. The number of nitrogens with zero attached hydrogens (tertiary/aromatic N) is 2. The zero-order valence-corrected chi connectivity index (χ0v) is 11.8. The van der Waals surface area contributed by atoms with Crippen molar-refractivity contribution < 1.29 is 4.79 Å². The quantitative estimate of drug-likeness (QED) is 0.799. The second-order valence-electron chi connectivity index (χ2n) is 5.86. The number of piperidine rings is 1. The van der Waals surface area contributed by atoms with Crippen molar-refractivity contribution in [2.75, 3.05) is 33.7 Å². The second-order valence-corrected chi connectivity index (χ2v) is 5.86. The Labute approximate surface area is 111 Å². The summed E-state index contributed by atoms with van der Waals surface area (Å²) in [6.45, 7) is 3.18. The monoisotopic (exact) mass is 253 g/mol. The molecule has 2 rings (SSSR count). The smallest absolute Gasteiger partial charge is 0.239 e. The van der Waals surface area contributed by atoms with E-state index in [1.807, 2.05) is 11.9 Å². The SMILES string of the molecule is CN1CCCC(N(C)C(=O)C2CCCCCN2)C1. The van der Waals surface area contributed by atoms with Crippen LogP contribution in [0.1, 0.15) is 38.5 Å². The maximum absolute atomic E-state index is 12.5. The van der Waals surface area contributed by atoms with Gasteiger partial charge in [-0.3, -0.25) is 4.79 Å². The topological polar surface area (TPSA) is 35.6 Å². The minimum Gasteiger partial charge on any atom is -0.340 e. The second kappa shape index (κ2) is 6.53. The predicted octanol–water partition coefficient (Wildman–Crippen LogP) is 1.07. The molecule has 2 saturated heterocycles. The standard InChI is InChI=1S/C14H27N3O/c1-16-10-6-7-12(11-16)17(2)14(18)13-8-4-3-5-9-15-13/h12-13,15H,3-11H2,1-2H3. The van der Waals surface area contributed by atoms with E-state index in [9.17, 15) is 4.79 Å². The van der Waals surface area contributed by atoms with Gasteiger partial charge < -0.3 is 15.1 Å². The predicted molar refractivity (Wildman–Crippen MR) is 73.5 cm³/mol. The molecule has 2 heterocycles. The van der Waals surface area contributed by atoms with E-state index in [1.165, 1.54) is 32.2 Å². The molecule has 4 nitrogen and oxygen atoms in total. The number of hydrogen-bond donors (Lipinski definition) is 1. The van der Waals surface area contributed by atoms with E-state index in [1.54, 1.807) is 0 Å². The Kier molecular flexibility index (Phi) is 5.01. The molecule has 4 heteroatoms. The lowest BCUT2D eigenvalue weighted by Gasteiger charge is -2.37. The van der Waals surface area contributed by atoms with Crippen molar-refractivity contribution in [1.29, 1.82) is 0 Å². The van der Waals surface area contributed by atoms with Crippen LogP contribution >= 0.6 is 0 Å². The zero-order chi connectivity index (χ0) is 13.0. The lowest BCUT2D eigenvalue weighted by atomic mass is 10.0. The Bertz CT molecular complexity index is 274. The van der Waals surface area contributed by atoms with E-state index in [2.05, 4.69) is 17.3 Å². The lowest BCUT2D eigenvalue weighted by molar-refractivity contribution is -0.135. The number of carbonyl (C=O) groups excluding carboxylic acids is 1. The number of hydrogen-bond acceptors (Lipinski definition) is 3. The number of carbonyl (C=O) groups is 1. The molecule has 0 aromatic rings. The van der Waals surface area contributed by atoms with Crippen molar-refractivity contribution in [2.24, 2.45) is 0 Å².